The zero-order chi connectivity index (χ0) is 21.2. The Kier molecular flexibility index (Phi) is 3.79. The Balaban J connectivity index is 1.57. The number of H-pyrrole nitrogens is 1. The van der Waals surface area contributed by atoms with Crippen LogP contribution in [-0.2, 0) is 5.41 Å². The highest BCUT2D eigenvalue weighted by Crippen LogP contribution is 2.52. The predicted octanol–water partition coefficient (Wildman–Crippen LogP) is 5.32. The quantitative estimate of drug-likeness (QED) is 0.305. The van der Waals surface area contributed by atoms with E-state index in [-0.39, 0.29) is 6.04 Å². The molecule has 5 aromatic rings. The third-order valence-electron chi connectivity index (χ3n) is 6.45. The lowest BCUT2D eigenvalue weighted by Crippen LogP contribution is -2.35. The molecule has 0 fully saturated rings. The van der Waals surface area contributed by atoms with Crippen LogP contribution in [0.25, 0.3) is 21.1 Å². The second kappa shape index (κ2) is 6.46. The second-order valence-corrected chi connectivity index (χ2v) is 9.41. The van der Waals surface area contributed by atoms with E-state index in [9.17, 15) is 5.11 Å². The topological polar surface area (TPSA) is 99.9 Å². The highest BCUT2D eigenvalue weighted by atomic mass is 32.1. The Morgan fingerprint density at radius 2 is 2.03 bits per heavy atom. The first-order valence-corrected chi connectivity index (χ1v) is 11.0. The molecule has 0 saturated heterocycles. The van der Waals surface area contributed by atoms with E-state index in [2.05, 4.69) is 51.7 Å². The zero-order valence-corrected chi connectivity index (χ0v) is 17.7. The third kappa shape index (κ3) is 2.70. The van der Waals surface area contributed by atoms with Crippen LogP contribution in [0.5, 0.6) is 5.75 Å². The summed E-state index contributed by atoms with van der Waals surface area (Å²) in [6, 6.07) is 18.2. The Hall–Kier alpha value is -3.58. The summed E-state index contributed by atoms with van der Waals surface area (Å²) in [6.45, 7) is 2.21. The number of hydrogen-bond acceptors (Lipinski definition) is 6. The number of hydrogen-bond donors (Lipinski definition) is 4. The van der Waals surface area contributed by atoms with E-state index in [1.807, 2.05) is 30.5 Å². The fourth-order valence-corrected chi connectivity index (χ4v) is 5.83. The van der Waals surface area contributed by atoms with Crippen molar-refractivity contribution in [1.82, 2.24) is 15.2 Å². The number of thiazole rings is 1. The summed E-state index contributed by atoms with van der Waals surface area (Å²) in [5.41, 5.74) is 11.7. The van der Waals surface area contributed by atoms with Gasteiger partial charge >= 0.3 is 0 Å². The average Bonchev–Trinajstić information content (AvgIpc) is 3.38. The van der Waals surface area contributed by atoms with Gasteiger partial charge < -0.3 is 16.2 Å². The molecule has 2 aromatic heterocycles. The van der Waals surface area contributed by atoms with Gasteiger partial charge in [-0.3, -0.25) is 5.10 Å². The fourth-order valence-electron chi connectivity index (χ4n) is 5.04. The van der Waals surface area contributed by atoms with Crippen LogP contribution in [0.15, 0.2) is 60.8 Å². The van der Waals surface area contributed by atoms with E-state index in [1.165, 1.54) is 16.9 Å². The molecule has 6 rings (SSSR count). The Morgan fingerprint density at radius 1 is 1.16 bits per heavy atom. The molecule has 5 N–H and O–H groups in total. The molecule has 31 heavy (non-hydrogen) atoms. The van der Waals surface area contributed by atoms with Crippen molar-refractivity contribution in [2.75, 3.05) is 11.1 Å². The summed E-state index contributed by atoms with van der Waals surface area (Å²) in [6.07, 6.45) is 2.65. The van der Waals surface area contributed by atoms with Gasteiger partial charge in [-0.1, -0.05) is 42.5 Å². The maximum absolute atomic E-state index is 10.8. The number of nitrogen functional groups attached to an aromatic ring is 1. The van der Waals surface area contributed by atoms with Gasteiger partial charge in [0.25, 0.3) is 0 Å². The first kappa shape index (κ1) is 18.2. The van der Waals surface area contributed by atoms with E-state index in [4.69, 9.17) is 5.73 Å². The maximum atomic E-state index is 10.8. The van der Waals surface area contributed by atoms with E-state index in [1.54, 1.807) is 6.07 Å². The number of aromatic hydroxyl groups is 1. The van der Waals surface area contributed by atoms with Gasteiger partial charge in [0.1, 0.15) is 5.75 Å². The minimum atomic E-state index is -0.415. The molecule has 0 saturated carbocycles. The first-order valence-electron chi connectivity index (χ1n) is 10.2. The van der Waals surface area contributed by atoms with E-state index < -0.39 is 5.41 Å². The molecule has 0 spiro atoms. The van der Waals surface area contributed by atoms with Crippen molar-refractivity contribution in [3.05, 3.63) is 77.5 Å². The molecule has 3 heterocycles. The van der Waals surface area contributed by atoms with Crippen molar-refractivity contribution >= 4 is 43.3 Å². The lowest BCUT2D eigenvalue weighted by molar-refractivity contribution is 0.417. The van der Waals surface area contributed by atoms with Gasteiger partial charge in [-0.05, 0) is 47.9 Å². The highest BCUT2D eigenvalue weighted by Gasteiger charge is 2.41. The number of benzene rings is 3. The molecular formula is C24H21N5OS. The van der Waals surface area contributed by atoms with Crippen LogP contribution < -0.4 is 11.1 Å². The van der Waals surface area contributed by atoms with Gasteiger partial charge in [-0.15, -0.1) is 0 Å². The number of nitrogens with zero attached hydrogens (tertiary/aromatic N) is 2. The number of anilines is 2. The van der Waals surface area contributed by atoms with Crippen LogP contribution in [0.1, 0.15) is 36.1 Å². The van der Waals surface area contributed by atoms with Crippen molar-refractivity contribution in [2.45, 2.75) is 24.8 Å². The Morgan fingerprint density at radius 3 is 2.90 bits per heavy atom. The number of nitrogens with two attached hydrogens (primary N) is 1. The van der Waals surface area contributed by atoms with Crippen LogP contribution in [-0.4, -0.2) is 20.3 Å². The van der Waals surface area contributed by atoms with Crippen molar-refractivity contribution in [3.63, 3.8) is 0 Å². The minimum absolute atomic E-state index is 0.0641. The Labute approximate surface area is 182 Å². The van der Waals surface area contributed by atoms with Crippen molar-refractivity contribution in [1.29, 1.82) is 0 Å². The number of fused-ring (bicyclic) bond motifs is 4. The third-order valence-corrected chi connectivity index (χ3v) is 7.30. The number of rotatable bonds is 2. The summed E-state index contributed by atoms with van der Waals surface area (Å²) in [4.78, 5) is 4.38. The molecular weight excluding hydrogens is 406 g/mol. The summed E-state index contributed by atoms with van der Waals surface area (Å²) in [5.74, 6) is 0.308. The summed E-state index contributed by atoms with van der Waals surface area (Å²) in [7, 11) is 0. The molecule has 0 bridgehead atoms. The van der Waals surface area contributed by atoms with Crippen LogP contribution in [0.2, 0.25) is 0 Å². The van der Waals surface area contributed by atoms with Crippen LogP contribution in [0.4, 0.5) is 10.8 Å². The predicted molar refractivity (Wildman–Crippen MR) is 126 cm³/mol. The molecule has 6 nitrogen and oxygen atoms in total. The van der Waals surface area contributed by atoms with Crippen molar-refractivity contribution in [3.8, 4) is 5.75 Å². The minimum Gasteiger partial charge on any atom is -0.508 e. The van der Waals surface area contributed by atoms with E-state index >= 15 is 0 Å². The molecule has 1 aliphatic heterocycles. The van der Waals surface area contributed by atoms with Crippen LogP contribution >= 0.6 is 11.3 Å². The molecule has 3 aromatic carbocycles. The summed E-state index contributed by atoms with van der Waals surface area (Å²) < 4.78 is 1.08. The molecule has 0 amide bonds. The molecule has 0 aliphatic carbocycles. The standard InChI is InChI=1S/C24H21N5OS/c1-24(15-4-2-3-5-20(15)30)11-19(13-6-7-17-21(10-13)31-23(25)28-17)27-18-9-8-16-14(22(18)24)12-26-29-16/h2-10,12,19,27,30H,11H2,1H3,(H2,25,28)(H,26,29)/t19?,24-/m0/s1. The lowest BCUT2D eigenvalue weighted by atomic mass is 9.67. The smallest absolute Gasteiger partial charge is 0.181 e. The van der Waals surface area contributed by atoms with Gasteiger partial charge in [-0.2, -0.15) is 5.10 Å². The molecule has 154 valence electrons. The number of phenolic OH excluding ortho intramolecular Hbond substituents is 1. The highest BCUT2D eigenvalue weighted by molar-refractivity contribution is 7.22. The van der Waals surface area contributed by atoms with E-state index in [0.717, 1.165) is 44.4 Å². The van der Waals surface area contributed by atoms with Gasteiger partial charge in [0, 0.05) is 22.1 Å². The monoisotopic (exact) mass is 427 g/mol. The number of aromatic nitrogens is 3. The zero-order valence-electron chi connectivity index (χ0n) is 16.9. The molecule has 1 unspecified atom stereocenters. The number of para-hydroxylation sites is 1. The summed E-state index contributed by atoms with van der Waals surface area (Å²) in [5, 5.41) is 23.6. The average molecular weight is 428 g/mol. The lowest BCUT2D eigenvalue weighted by Gasteiger charge is -2.42. The van der Waals surface area contributed by atoms with Gasteiger partial charge in [0.2, 0.25) is 0 Å². The number of nitrogens with one attached hydrogen (secondary N) is 2. The SMILES string of the molecule is C[C@@]1(c2ccccc2O)CC(c2ccc3nc(N)sc3c2)Nc2ccc3[nH]ncc3c21. The van der Waals surface area contributed by atoms with Gasteiger partial charge in [0.05, 0.1) is 28.0 Å². The van der Waals surface area contributed by atoms with Crippen molar-refractivity contribution < 1.29 is 5.11 Å². The summed E-state index contributed by atoms with van der Waals surface area (Å²) >= 11 is 1.50. The number of phenols is 1. The Bertz CT molecular complexity index is 1460. The van der Waals surface area contributed by atoms with Crippen LogP contribution in [0, 0.1) is 0 Å². The maximum Gasteiger partial charge on any atom is 0.181 e. The second-order valence-electron chi connectivity index (χ2n) is 8.35. The van der Waals surface area contributed by atoms with Gasteiger partial charge in [-0.25, -0.2) is 4.98 Å². The number of aromatic amines is 1. The normalized spacial score (nSPS) is 20.6. The largest absolute Gasteiger partial charge is 0.508 e. The molecule has 1 aliphatic rings. The molecule has 0 radical (unpaired) electrons. The molecule has 2 atom stereocenters. The van der Waals surface area contributed by atoms with Crippen molar-refractivity contribution in [2.24, 2.45) is 0 Å². The first-order chi connectivity index (χ1) is 15.0. The molecule has 7 heteroatoms. The van der Waals surface area contributed by atoms with E-state index in [0.29, 0.717) is 10.9 Å². The van der Waals surface area contributed by atoms with Crippen LogP contribution in [0.3, 0.4) is 0 Å². The fraction of sp³-hybridized carbons (Fsp3) is 0.167. The van der Waals surface area contributed by atoms with Gasteiger partial charge in [0.15, 0.2) is 5.13 Å².